The first-order valence-corrected chi connectivity index (χ1v) is 9.75. The van der Waals surface area contributed by atoms with Crippen molar-refractivity contribution in [3.8, 4) is 11.5 Å². The van der Waals surface area contributed by atoms with Crippen molar-refractivity contribution < 1.29 is 19.1 Å². The molecular weight excluding hydrogens is 445 g/mol. The summed E-state index contributed by atoms with van der Waals surface area (Å²) in [5, 5.41) is 14.0. The predicted octanol–water partition coefficient (Wildman–Crippen LogP) is 3.80. The molecule has 2 aromatic carbocycles. The van der Waals surface area contributed by atoms with Crippen molar-refractivity contribution in [2.24, 2.45) is 0 Å². The van der Waals surface area contributed by atoms with Gasteiger partial charge in [-0.3, -0.25) is 9.59 Å². The lowest BCUT2D eigenvalue weighted by molar-refractivity contribution is -0.117. The van der Waals surface area contributed by atoms with Gasteiger partial charge in [-0.05, 0) is 25.1 Å². The van der Waals surface area contributed by atoms with Gasteiger partial charge in [-0.1, -0.05) is 28.4 Å². The van der Waals surface area contributed by atoms with E-state index in [2.05, 4.69) is 20.9 Å². The van der Waals surface area contributed by atoms with Crippen molar-refractivity contribution in [1.82, 2.24) is 15.0 Å². The van der Waals surface area contributed by atoms with Gasteiger partial charge in [0.2, 0.25) is 5.91 Å². The zero-order valence-corrected chi connectivity index (χ0v) is 18.4. The van der Waals surface area contributed by atoms with Gasteiger partial charge in [-0.15, -0.1) is 5.10 Å². The normalized spacial score (nSPS) is 10.5. The highest BCUT2D eigenvalue weighted by atomic mass is 35.5. The Bertz CT molecular complexity index is 1090. The highest BCUT2D eigenvalue weighted by Gasteiger charge is 2.19. The van der Waals surface area contributed by atoms with Crippen molar-refractivity contribution in [1.29, 1.82) is 0 Å². The second kappa shape index (κ2) is 9.67. The molecule has 31 heavy (non-hydrogen) atoms. The quantitative estimate of drug-likeness (QED) is 0.551. The molecule has 0 radical (unpaired) electrons. The summed E-state index contributed by atoms with van der Waals surface area (Å²) < 4.78 is 11.7. The molecule has 1 aromatic heterocycles. The molecule has 0 aliphatic rings. The van der Waals surface area contributed by atoms with E-state index in [-0.39, 0.29) is 18.1 Å². The van der Waals surface area contributed by atoms with Crippen molar-refractivity contribution in [2.75, 3.05) is 24.9 Å². The number of aromatic nitrogens is 3. The van der Waals surface area contributed by atoms with E-state index in [9.17, 15) is 9.59 Å². The van der Waals surface area contributed by atoms with Crippen LogP contribution in [0, 0.1) is 6.92 Å². The summed E-state index contributed by atoms with van der Waals surface area (Å²) in [6.45, 7) is 1.50. The number of anilines is 2. The van der Waals surface area contributed by atoms with Crippen LogP contribution in [-0.2, 0) is 11.3 Å². The van der Waals surface area contributed by atoms with Gasteiger partial charge in [0.25, 0.3) is 5.91 Å². The van der Waals surface area contributed by atoms with Crippen LogP contribution in [0.1, 0.15) is 16.2 Å². The van der Waals surface area contributed by atoms with Gasteiger partial charge < -0.3 is 20.1 Å². The molecule has 0 saturated carbocycles. The van der Waals surface area contributed by atoms with Crippen molar-refractivity contribution in [3.63, 3.8) is 0 Å². The molecule has 0 aliphatic heterocycles. The number of carbonyl (C=O) groups is 2. The Balaban J connectivity index is 1.70. The number of benzene rings is 2. The van der Waals surface area contributed by atoms with Gasteiger partial charge in [-0.2, -0.15) is 0 Å². The van der Waals surface area contributed by atoms with E-state index in [4.69, 9.17) is 32.7 Å². The summed E-state index contributed by atoms with van der Waals surface area (Å²) in [7, 11) is 3.03. The maximum atomic E-state index is 12.5. The number of ether oxygens (including phenoxy) is 2. The van der Waals surface area contributed by atoms with E-state index in [1.807, 2.05) is 0 Å². The maximum absolute atomic E-state index is 12.5. The molecule has 2 amide bonds. The smallest absolute Gasteiger partial charge is 0.278 e. The predicted molar refractivity (Wildman–Crippen MR) is 117 cm³/mol. The maximum Gasteiger partial charge on any atom is 0.278 e. The second-order valence-electron chi connectivity index (χ2n) is 6.44. The van der Waals surface area contributed by atoms with E-state index in [1.165, 1.54) is 18.9 Å². The molecule has 3 rings (SSSR count). The topological polar surface area (TPSA) is 107 Å². The highest BCUT2D eigenvalue weighted by Crippen LogP contribution is 2.26. The van der Waals surface area contributed by atoms with Gasteiger partial charge in [0.15, 0.2) is 5.69 Å². The molecule has 0 saturated heterocycles. The Morgan fingerprint density at radius 1 is 0.935 bits per heavy atom. The van der Waals surface area contributed by atoms with Crippen molar-refractivity contribution >= 4 is 46.4 Å². The molecule has 9 nitrogen and oxygen atoms in total. The lowest BCUT2D eigenvalue weighted by Gasteiger charge is -2.10. The largest absolute Gasteiger partial charge is 0.497 e. The standard InChI is InChI=1S/C20H19Cl2N5O4/c1-11-19(20(29)24-14-5-12(21)4-13(22)6-14)25-26-27(11)10-18(28)23-15-7-16(30-2)9-17(8-15)31-3/h4-9H,10H2,1-3H3,(H,23,28)(H,24,29). The van der Waals surface area contributed by atoms with Gasteiger partial charge in [-0.25, -0.2) is 4.68 Å². The van der Waals surface area contributed by atoms with E-state index in [0.29, 0.717) is 38.6 Å². The Labute approximate surface area is 188 Å². The average molecular weight is 464 g/mol. The fraction of sp³-hybridized carbons (Fsp3) is 0.200. The van der Waals surface area contributed by atoms with Crippen LogP contribution >= 0.6 is 23.2 Å². The third-order valence-corrected chi connectivity index (χ3v) is 4.68. The first-order valence-electron chi connectivity index (χ1n) is 8.99. The Kier molecular flexibility index (Phi) is 6.98. The lowest BCUT2D eigenvalue weighted by atomic mass is 10.2. The number of hydrogen-bond donors (Lipinski definition) is 2. The van der Waals surface area contributed by atoms with Crippen LogP contribution in [0.5, 0.6) is 11.5 Å². The van der Waals surface area contributed by atoms with Gasteiger partial charge in [0, 0.05) is 39.6 Å². The molecule has 2 N–H and O–H groups in total. The first kappa shape index (κ1) is 22.4. The van der Waals surface area contributed by atoms with Crippen molar-refractivity contribution in [3.05, 3.63) is 57.8 Å². The van der Waals surface area contributed by atoms with Crippen LogP contribution in [0.2, 0.25) is 10.0 Å². The monoisotopic (exact) mass is 463 g/mol. The molecule has 0 aliphatic carbocycles. The first-order chi connectivity index (χ1) is 14.8. The molecular formula is C20H19Cl2N5O4. The minimum Gasteiger partial charge on any atom is -0.497 e. The lowest BCUT2D eigenvalue weighted by Crippen LogP contribution is -2.21. The van der Waals surface area contributed by atoms with Crippen molar-refractivity contribution in [2.45, 2.75) is 13.5 Å². The molecule has 1 heterocycles. The summed E-state index contributed by atoms with van der Waals surface area (Å²) in [5.41, 5.74) is 1.41. The number of methoxy groups -OCH3 is 2. The number of amides is 2. The number of hydrogen-bond acceptors (Lipinski definition) is 6. The highest BCUT2D eigenvalue weighted by molar-refractivity contribution is 6.35. The molecule has 0 fully saturated rings. The van der Waals surface area contributed by atoms with Crippen LogP contribution in [0.15, 0.2) is 36.4 Å². The third-order valence-electron chi connectivity index (χ3n) is 4.25. The van der Waals surface area contributed by atoms with Gasteiger partial charge in [0.05, 0.1) is 19.9 Å². The number of rotatable bonds is 7. The molecule has 3 aromatic rings. The molecule has 11 heteroatoms. The second-order valence-corrected chi connectivity index (χ2v) is 7.32. The van der Waals surface area contributed by atoms with E-state index in [0.717, 1.165) is 0 Å². The Morgan fingerprint density at radius 2 is 1.52 bits per heavy atom. The molecule has 0 spiro atoms. The summed E-state index contributed by atoms with van der Waals surface area (Å²) >= 11 is 11.9. The molecule has 162 valence electrons. The molecule has 0 atom stereocenters. The number of nitrogens with zero attached hydrogens (tertiary/aromatic N) is 3. The fourth-order valence-electron chi connectivity index (χ4n) is 2.75. The third kappa shape index (κ3) is 5.65. The minimum absolute atomic E-state index is 0.0759. The molecule has 0 unspecified atom stereocenters. The Morgan fingerprint density at radius 3 is 2.10 bits per heavy atom. The van der Waals surface area contributed by atoms with E-state index in [1.54, 1.807) is 43.3 Å². The zero-order chi connectivity index (χ0) is 22.5. The fourth-order valence-corrected chi connectivity index (χ4v) is 3.28. The van der Waals surface area contributed by atoms with E-state index >= 15 is 0 Å². The van der Waals surface area contributed by atoms with Crippen LogP contribution < -0.4 is 20.1 Å². The van der Waals surface area contributed by atoms with Crippen LogP contribution in [0.25, 0.3) is 0 Å². The number of carbonyl (C=O) groups excluding carboxylic acids is 2. The van der Waals surface area contributed by atoms with Crippen LogP contribution in [0.4, 0.5) is 11.4 Å². The summed E-state index contributed by atoms with van der Waals surface area (Å²) in [6, 6.07) is 9.67. The number of halogens is 2. The average Bonchev–Trinajstić information content (AvgIpc) is 3.06. The summed E-state index contributed by atoms with van der Waals surface area (Å²) in [6.07, 6.45) is 0. The zero-order valence-electron chi connectivity index (χ0n) is 16.9. The van der Waals surface area contributed by atoms with E-state index < -0.39 is 5.91 Å². The van der Waals surface area contributed by atoms with Gasteiger partial charge >= 0.3 is 0 Å². The number of nitrogens with one attached hydrogen (secondary N) is 2. The van der Waals surface area contributed by atoms with Crippen LogP contribution in [-0.4, -0.2) is 41.0 Å². The molecule has 0 bridgehead atoms. The SMILES string of the molecule is COc1cc(NC(=O)Cn2nnc(C(=O)Nc3cc(Cl)cc(Cl)c3)c2C)cc(OC)c1. The minimum atomic E-state index is -0.500. The summed E-state index contributed by atoms with van der Waals surface area (Å²) in [4.78, 5) is 25.0. The van der Waals surface area contributed by atoms with Crippen LogP contribution in [0.3, 0.4) is 0 Å². The van der Waals surface area contributed by atoms with Gasteiger partial charge in [0.1, 0.15) is 18.0 Å². The summed E-state index contributed by atoms with van der Waals surface area (Å²) in [5.74, 6) is 0.204. The Hall–Kier alpha value is -3.30.